The predicted molar refractivity (Wildman–Crippen MR) is 200 cm³/mol. The van der Waals surface area contributed by atoms with Crippen molar-refractivity contribution >= 4 is 65.6 Å². The van der Waals surface area contributed by atoms with E-state index in [0.29, 0.717) is 0 Å². The van der Waals surface area contributed by atoms with Crippen LogP contribution < -0.4 is 0 Å². The summed E-state index contributed by atoms with van der Waals surface area (Å²) in [7, 11) is 0. The lowest BCUT2D eigenvalue weighted by atomic mass is 9.82. The number of aromatic nitrogens is 2. The van der Waals surface area contributed by atoms with E-state index < -0.39 is 0 Å². The number of nitrogens with zero attached hydrogens (tertiary/aromatic N) is 2. The summed E-state index contributed by atoms with van der Waals surface area (Å²) in [6.45, 7) is 4.69. The van der Waals surface area contributed by atoms with Crippen molar-refractivity contribution < 1.29 is 4.42 Å². The maximum Gasteiger partial charge on any atom is 0.145 e. The van der Waals surface area contributed by atoms with Gasteiger partial charge in [-0.3, -0.25) is 0 Å². The molecule has 3 heterocycles. The van der Waals surface area contributed by atoms with Crippen molar-refractivity contribution in [1.29, 1.82) is 0 Å². The van der Waals surface area contributed by atoms with Crippen LogP contribution in [0.25, 0.3) is 88.1 Å². The average Bonchev–Trinajstić information content (AvgIpc) is 3.83. The predicted octanol–water partition coefficient (Wildman–Crippen LogP) is 12.1. The summed E-state index contributed by atoms with van der Waals surface area (Å²) >= 11 is 0. The molecule has 10 aromatic rings. The number of hydrogen-bond acceptors (Lipinski definition) is 1. The van der Waals surface area contributed by atoms with E-state index in [0.717, 1.165) is 38.5 Å². The monoisotopic (exact) mass is 614 g/mol. The van der Waals surface area contributed by atoms with Crippen LogP contribution in [0.3, 0.4) is 0 Å². The van der Waals surface area contributed by atoms with Gasteiger partial charge in [0.05, 0.1) is 27.5 Å². The molecule has 226 valence electrons. The first kappa shape index (κ1) is 26.1. The first-order chi connectivity index (χ1) is 23.6. The topological polar surface area (TPSA) is 23.0 Å². The molecule has 0 N–H and O–H groups in total. The van der Waals surface area contributed by atoms with E-state index in [9.17, 15) is 0 Å². The van der Waals surface area contributed by atoms with Crippen molar-refractivity contribution in [3.63, 3.8) is 0 Å². The molecular formula is C45H30N2O. The van der Waals surface area contributed by atoms with Crippen LogP contribution in [0.4, 0.5) is 0 Å². The maximum atomic E-state index is 6.80. The smallest absolute Gasteiger partial charge is 0.145 e. The van der Waals surface area contributed by atoms with E-state index in [-0.39, 0.29) is 5.41 Å². The highest BCUT2D eigenvalue weighted by molar-refractivity contribution is 6.24. The van der Waals surface area contributed by atoms with Crippen molar-refractivity contribution in [2.45, 2.75) is 19.3 Å². The molecule has 0 unspecified atom stereocenters. The van der Waals surface area contributed by atoms with E-state index in [1.807, 2.05) is 0 Å². The molecule has 3 nitrogen and oxygen atoms in total. The van der Waals surface area contributed by atoms with Gasteiger partial charge in [-0.25, -0.2) is 0 Å². The Bertz CT molecular complexity index is 2930. The van der Waals surface area contributed by atoms with E-state index >= 15 is 0 Å². The van der Waals surface area contributed by atoms with Gasteiger partial charge in [0, 0.05) is 43.7 Å². The van der Waals surface area contributed by atoms with Crippen LogP contribution in [0.2, 0.25) is 0 Å². The van der Waals surface area contributed by atoms with Gasteiger partial charge in [0.1, 0.15) is 11.2 Å². The summed E-state index contributed by atoms with van der Waals surface area (Å²) in [5, 5.41) is 7.13. The van der Waals surface area contributed by atoms with Gasteiger partial charge in [0.2, 0.25) is 0 Å². The lowest BCUT2D eigenvalue weighted by Crippen LogP contribution is -2.15. The fraction of sp³-hybridized carbons (Fsp3) is 0.0667. The number of hydrogen-bond donors (Lipinski definition) is 0. The molecule has 0 spiro atoms. The van der Waals surface area contributed by atoms with Crippen LogP contribution in [-0.2, 0) is 5.41 Å². The highest BCUT2D eigenvalue weighted by Crippen LogP contribution is 2.50. The molecule has 0 saturated carbocycles. The molecule has 1 aliphatic carbocycles. The van der Waals surface area contributed by atoms with Crippen molar-refractivity contribution in [3.05, 3.63) is 157 Å². The number of rotatable bonds is 2. The van der Waals surface area contributed by atoms with Crippen LogP contribution in [0.1, 0.15) is 25.0 Å². The van der Waals surface area contributed by atoms with Crippen LogP contribution in [0.5, 0.6) is 0 Å². The molecule has 0 atom stereocenters. The molecule has 3 aromatic heterocycles. The molecule has 0 amide bonds. The zero-order chi connectivity index (χ0) is 31.7. The highest BCUT2D eigenvalue weighted by Gasteiger charge is 2.35. The molecule has 0 radical (unpaired) electrons. The second kappa shape index (κ2) is 9.05. The van der Waals surface area contributed by atoms with Crippen LogP contribution >= 0.6 is 0 Å². The van der Waals surface area contributed by atoms with Gasteiger partial charge in [-0.15, -0.1) is 0 Å². The van der Waals surface area contributed by atoms with Gasteiger partial charge in [0.15, 0.2) is 0 Å². The zero-order valence-electron chi connectivity index (χ0n) is 26.7. The molecule has 1 aliphatic rings. The summed E-state index contributed by atoms with van der Waals surface area (Å²) in [4.78, 5) is 0. The fourth-order valence-corrected chi connectivity index (χ4v) is 8.72. The molecule has 3 heteroatoms. The van der Waals surface area contributed by atoms with Gasteiger partial charge in [-0.05, 0) is 82.9 Å². The van der Waals surface area contributed by atoms with Crippen LogP contribution in [0, 0.1) is 0 Å². The van der Waals surface area contributed by atoms with Crippen LogP contribution in [0.15, 0.2) is 150 Å². The van der Waals surface area contributed by atoms with Crippen molar-refractivity contribution in [1.82, 2.24) is 9.13 Å². The summed E-state index contributed by atoms with van der Waals surface area (Å²) in [5.41, 5.74) is 14.2. The number of furan rings is 1. The minimum absolute atomic E-state index is 0.0687. The van der Waals surface area contributed by atoms with E-state index in [1.165, 1.54) is 60.6 Å². The van der Waals surface area contributed by atoms with Crippen molar-refractivity contribution in [2.24, 2.45) is 0 Å². The van der Waals surface area contributed by atoms with Gasteiger partial charge in [-0.1, -0.05) is 98.8 Å². The Labute approximate surface area is 276 Å². The highest BCUT2D eigenvalue weighted by atomic mass is 16.3. The Morgan fingerprint density at radius 2 is 1.02 bits per heavy atom. The molecule has 0 bridgehead atoms. The third-order valence-electron chi connectivity index (χ3n) is 10.9. The number of para-hydroxylation sites is 3. The van der Waals surface area contributed by atoms with Crippen LogP contribution in [-0.4, -0.2) is 9.13 Å². The first-order valence-electron chi connectivity index (χ1n) is 16.7. The zero-order valence-corrected chi connectivity index (χ0v) is 26.7. The molecule has 0 fully saturated rings. The first-order valence-corrected chi connectivity index (χ1v) is 16.7. The van der Waals surface area contributed by atoms with E-state index in [4.69, 9.17) is 4.42 Å². The minimum atomic E-state index is -0.0687. The molecule has 0 saturated heterocycles. The minimum Gasteiger partial charge on any atom is -0.455 e. The normalized spacial score (nSPS) is 13.8. The van der Waals surface area contributed by atoms with Gasteiger partial charge >= 0.3 is 0 Å². The lowest BCUT2D eigenvalue weighted by molar-refractivity contribution is 0.660. The van der Waals surface area contributed by atoms with Crippen molar-refractivity contribution in [2.75, 3.05) is 0 Å². The Hall–Kier alpha value is -6.06. The third kappa shape index (κ3) is 3.23. The molecule has 48 heavy (non-hydrogen) atoms. The molecule has 7 aromatic carbocycles. The van der Waals surface area contributed by atoms with E-state index in [2.05, 4.69) is 169 Å². The molecule has 11 rings (SSSR count). The SMILES string of the molecule is CC1(C)c2ccccc2-c2ccc(-n3c4ccccc4c4c5oc6ccc(-n7c8ccccc8c8ccccc87)cc6c5ccc43)cc21. The largest absolute Gasteiger partial charge is 0.455 e. The standard InChI is InChI=1S/C45H30N2O/c1-45(2)36-15-7-3-11-29(36)30-21-19-28(26-37(30)45)47-40-18-10-6-14-34(40)43-41(47)23-22-33-35-25-27(20-24-42(35)48-44(33)43)46-38-16-8-4-12-31(38)32-13-5-9-17-39(32)46/h3-26H,1-2H3. The Balaban J connectivity index is 1.16. The Morgan fingerprint density at radius 1 is 0.438 bits per heavy atom. The lowest BCUT2D eigenvalue weighted by Gasteiger charge is -2.22. The maximum absolute atomic E-state index is 6.80. The summed E-state index contributed by atoms with van der Waals surface area (Å²) in [6.07, 6.45) is 0. The van der Waals surface area contributed by atoms with Gasteiger partial charge < -0.3 is 13.6 Å². The van der Waals surface area contributed by atoms with E-state index in [1.54, 1.807) is 0 Å². The molecular weight excluding hydrogens is 585 g/mol. The number of benzene rings is 7. The summed E-state index contributed by atoms with van der Waals surface area (Å²) in [5.74, 6) is 0. The Kier molecular flexibility index (Phi) is 4.91. The quantitative estimate of drug-likeness (QED) is 0.190. The fourth-order valence-electron chi connectivity index (χ4n) is 8.72. The number of fused-ring (bicyclic) bond motifs is 13. The van der Waals surface area contributed by atoms with Gasteiger partial charge in [-0.2, -0.15) is 0 Å². The second-order valence-electron chi connectivity index (χ2n) is 13.7. The summed E-state index contributed by atoms with van der Waals surface area (Å²) in [6, 6.07) is 53.1. The molecule has 0 aliphatic heterocycles. The van der Waals surface area contributed by atoms with Gasteiger partial charge in [0.25, 0.3) is 0 Å². The third-order valence-corrected chi connectivity index (χ3v) is 10.9. The summed E-state index contributed by atoms with van der Waals surface area (Å²) < 4.78 is 11.6. The Morgan fingerprint density at radius 3 is 1.79 bits per heavy atom. The van der Waals surface area contributed by atoms with Crippen molar-refractivity contribution in [3.8, 4) is 22.5 Å². The average molecular weight is 615 g/mol. The second-order valence-corrected chi connectivity index (χ2v) is 13.7.